The first-order valence-corrected chi connectivity index (χ1v) is 7.03. The van der Waals surface area contributed by atoms with Gasteiger partial charge in [-0.05, 0) is 71.8 Å². The molecule has 1 aromatic carbocycles. The fourth-order valence-electron chi connectivity index (χ4n) is 1.68. The third-order valence-corrected chi connectivity index (χ3v) is 3.78. The summed E-state index contributed by atoms with van der Waals surface area (Å²) < 4.78 is 1.21. The minimum atomic E-state index is 0.730. The molecule has 0 atom stereocenters. The molecule has 1 saturated carbocycles. The number of rotatable bonds is 3. The van der Waals surface area contributed by atoms with Crippen molar-refractivity contribution >= 4 is 45.6 Å². The van der Waals surface area contributed by atoms with Crippen LogP contribution in [-0.4, -0.2) is 11.7 Å². The average Bonchev–Trinajstić information content (AvgIpc) is 2.15. The lowest BCUT2D eigenvalue weighted by Crippen LogP contribution is -2.34. The third kappa shape index (κ3) is 3.59. The van der Waals surface area contributed by atoms with Crippen molar-refractivity contribution in [3.8, 4) is 0 Å². The van der Waals surface area contributed by atoms with Crippen molar-refractivity contribution in [2.45, 2.75) is 19.3 Å². The van der Waals surface area contributed by atoms with E-state index in [0.717, 1.165) is 23.3 Å². The van der Waals surface area contributed by atoms with Gasteiger partial charge in [0.1, 0.15) is 0 Å². The van der Waals surface area contributed by atoms with Crippen LogP contribution in [0.2, 0.25) is 0 Å². The van der Waals surface area contributed by atoms with E-state index in [4.69, 9.17) is 12.2 Å². The van der Waals surface area contributed by atoms with Crippen LogP contribution in [0.4, 0.5) is 5.69 Å². The molecule has 0 amide bonds. The molecule has 2 rings (SSSR count). The molecule has 1 aromatic rings. The van der Waals surface area contributed by atoms with E-state index < -0.39 is 0 Å². The molecule has 1 aliphatic carbocycles. The average molecular weight is 346 g/mol. The summed E-state index contributed by atoms with van der Waals surface area (Å²) in [5, 5.41) is 7.20. The van der Waals surface area contributed by atoms with Gasteiger partial charge in [-0.25, -0.2) is 0 Å². The second-order valence-electron chi connectivity index (χ2n) is 4.14. The monoisotopic (exact) mass is 346 g/mol. The van der Waals surface area contributed by atoms with Gasteiger partial charge >= 0.3 is 0 Å². The minimum Gasteiger partial charge on any atom is -0.362 e. The Morgan fingerprint density at radius 2 is 2.25 bits per heavy atom. The summed E-state index contributed by atoms with van der Waals surface area (Å²) in [7, 11) is 0. The van der Waals surface area contributed by atoms with E-state index in [9.17, 15) is 0 Å². The van der Waals surface area contributed by atoms with E-state index in [1.165, 1.54) is 22.8 Å². The molecule has 0 saturated heterocycles. The first-order valence-electron chi connectivity index (χ1n) is 5.54. The van der Waals surface area contributed by atoms with Crippen LogP contribution in [0.15, 0.2) is 24.3 Å². The second-order valence-corrected chi connectivity index (χ2v) is 5.80. The molecule has 0 bridgehead atoms. The van der Waals surface area contributed by atoms with Crippen LogP contribution >= 0.6 is 34.8 Å². The Kier molecular flexibility index (Phi) is 4.40. The number of hydrogen-bond donors (Lipinski definition) is 2. The summed E-state index contributed by atoms with van der Waals surface area (Å²) in [6.07, 6.45) is 4.07. The number of nitrogens with one attached hydrogen (secondary N) is 2. The fourth-order valence-corrected chi connectivity index (χ4v) is 2.42. The summed E-state index contributed by atoms with van der Waals surface area (Å²) >= 11 is 7.54. The zero-order chi connectivity index (χ0) is 11.4. The lowest BCUT2D eigenvalue weighted by atomic mass is 9.85. The van der Waals surface area contributed by atoms with Gasteiger partial charge < -0.3 is 10.6 Å². The molecular weight excluding hydrogens is 331 g/mol. The van der Waals surface area contributed by atoms with Crippen LogP contribution in [0.1, 0.15) is 19.3 Å². The molecule has 86 valence electrons. The quantitative estimate of drug-likeness (QED) is 0.648. The van der Waals surface area contributed by atoms with Gasteiger partial charge in [0.2, 0.25) is 0 Å². The van der Waals surface area contributed by atoms with Crippen LogP contribution in [0.25, 0.3) is 0 Å². The van der Waals surface area contributed by atoms with Gasteiger partial charge in [0, 0.05) is 15.8 Å². The molecule has 0 unspecified atom stereocenters. The zero-order valence-electron chi connectivity index (χ0n) is 9.00. The fraction of sp³-hybridized carbons (Fsp3) is 0.417. The van der Waals surface area contributed by atoms with Crippen LogP contribution < -0.4 is 10.6 Å². The van der Waals surface area contributed by atoms with E-state index >= 15 is 0 Å². The van der Waals surface area contributed by atoms with E-state index in [1.54, 1.807) is 0 Å². The summed E-state index contributed by atoms with van der Waals surface area (Å²) in [4.78, 5) is 0. The maximum Gasteiger partial charge on any atom is 0.170 e. The molecule has 0 spiro atoms. The van der Waals surface area contributed by atoms with Crippen molar-refractivity contribution < 1.29 is 0 Å². The Hall–Kier alpha value is -0.360. The Labute approximate surface area is 115 Å². The number of halogens is 1. The summed E-state index contributed by atoms with van der Waals surface area (Å²) in [6.45, 7) is 1.01. The minimum absolute atomic E-state index is 0.730. The van der Waals surface area contributed by atoms with Gasteiger partial charge in [-0.1, -0.05) is 12.5 Å². The third-order valence-electron chi connectivity index (χ3n) is 2.86. The molecule has 0 aromatic heterocycles. The van der Waals surface area contributed by atoms with Gasteiger partial charge in [0.25, 0.3) is 0 Å². The molecular formula is C12H15IN2S. The van der Waals surface area contributed by atoms with E-state index in [1.807, 2.05) is 12.1 Å². The number of thiocarbonyl (C=S) groups is 1. The molecule has 2 N–H and O–H groups in total. The Balaban J connectivity index is 1.77. The maximum atomic E-state index is 5.25. The predicted octanol–water partition coefficient (Wildman–Crippen LogP) is 3.38. The maximum absolute atomic E-state index is 5.25. The number of benzene rings is 1. The summed E-state index contributed by atoms with van der Waals surface area (Å²) in [5.41, 5.74) is 1.05. The van der Waals surface area contributed by atoms with Crippen LogP contribution in [0, 0.1) is 9.49 Å². The Bertz CT molecular complexity index is 377. The van der Waals surface area contributed by atoms with Crippen molar-refractivity contribution in [3.63, 3.8) is 0 Å². The van der Waals surface area contributed by atoms with Crippen LogP contribution in [0.5, 0.6) is 0 Å². The van der Waals surface area contributed by atoms with Gasteiger partial charge in [-0.2, -0.15) is 0 Å². The Morgan fingerprint density at radius 3 is 2.88 bits per heavy atom. The highest BCUT2D eigenvalue weighted by Crippen LogP contribution is 2.25. The van der Waals surface area contributed by atoms with E-state index in [0.29, 0.717) is 0 Å². The lowest BCUT2D eigenvalue weighted by Gasteiger charge is -2.26. The second kappa shape index (κ2) is 5.82. The summed E-state index contributed by atoms with van der Waals surface area (Å²) in [5.74, 6) is 0.829. The van der Waals surface area contributed by atoms with Gasteiger partial charge in [0.05, 0.1) is 0 Å². The van der Waals surface area contributed by atoms with Crippen molar-refractivity contribution in [1.82, 2.24) is 5.32 Å². The Morgan fingerprint density at radius 1 is 1.44 bits per heavy atom. The first-order chi connectivity index (χ1) is 7.74. The largest absolute Gasteiger partial charge is 0.362 e. The topological polar surface area (TPSA) is 24.1 Å². The van der Waals surface area contributed by atoms with Crippen LogP contribution in [0.3, 0.4) is 0 Å². The van der Waals surface area contributed by atoms with Gasteiger partial charge in [-0.3, -0.25) is 0 Å². The van der Waals surface area contributed by atoms with Crippen molar-refractivity contribution in [2.24, 2.45) is 5.92 Å². The number of hydrogen-bond acceptors (Lipinski definition) is 1. The highest BCUT2D eigenvalue weighted by Gasteiger charge is 2.16. The van der Waals surface area contributed by atoms with Crippen molar-refractivity contribution in [1.29, 1.82) is 0 Å². The van der Waals surface area contributed by atoms with Gasteiger partial charge in [0.15, 0.2) is 5.11 Å². The highest BCUT2D eigenvalue weighted by molar-refractivity contribution is 14.1. The zero-order valence-corrected chi connectivity index (χ0v) is 12.0. The molecule has 2 nitrogen and oxygen atoms in total. The molecule has 16 heavy (non-hydrogen) atoms. The van der Waals surface area contributed by atoms with Gasteiger partial charge in [-0.15, -0.1) is 0 Å². The predicted molar refractivity (Wildman–Crippen MR) is 80.7 cm³/mol. The summed E-state index contributed by atoms with van der Waals surface area (Å²) in [6, 6.07) is 8.20. The number of anilines is 1. The molecule has 0 aliphatic heterocycles. The molecule has 1 fully saturated rings. The lowest BCUT2D eigenvalue weighted by molar-refractivity contribution is 0.316. The first kappa shape index (κ1) is 12.1. The van der Waals surface area contributed by atoms with E-state index in [-0.39, 0.29) is 0 Å². The van der Waals surface area contributed by atoms with Crippen molar-refractivity contribution in [2.75, 3.05) is 11.9 Å². The SMILES string of the molecule is S=C(NCC1CCC1)Nc1cccc(I)c1. The molecule has 0 radical (unpaired) electrons. The molecule has 0 heterocycles. The van der Waals surface area contributed by atoms with E-state index in [2.05, 4.69) is 45.4 Å². The smallest absolute Gasteiger partial charge is 0.170 e. The normalized spacial score (nSPS) is 15.3. The standard InChI is InChI=1S/C12H15IN2S/c13-10-5-2-6-11(7-10)15-12(16)14-8-9-3-1-4-9/h2,5-7,9H,1,3-4,8H2,(H2,14,15,16). The van der Waals surface area contributed by atoms with Crippen molar-refractivity contribution in [3.05, 3.63) is 27.8 Å². The highest BCUT2D eigenvalue weighted by atomic mass is 127. The van der Waals surface area contributed by atoms with Crippen LogP contribution in [-0.2, 0) is 0 Å². The molecule has 1 aliphatic rings. The molecule has 4 heteroatoms.